The summed E-state index contributed by atoms with van der Waals surface area (Å²) < 4.78 is 0. The van der Waals surface area contributed by atoms with Crippen LogP contribution in [0.2, 0.25) is 0 Å². The van der Waals surface area contributed by atoms with Crippen LogP contribution in [0, 0.1) is 5.41 Å². The standard InChI is InChI=1S/C12H24N2O2.ClH/c1-10(5-3-8-15)14-11(16)12(2)6-4-7-13-9-12;/h10,13,15H,3-9H2,1-2H3,(H,14,16);1H. The number of hydrogen-bond donors (Lipinski definition) is 3. The minimum absolute atomic E-state index is 0. The van der Waals surface area contributed by atoms with Crippen LogP contribution in [0.4, 0.5) is 0 Å². The fourth-order valence-corrected chi connectivity index (χ4v) is 2.12. The summed E-state index contributed by atoms with van der Waals surface area (Å²) in [6, 6.07) is 0.151. The molecule has 0 aromatic carbocycles. The van der Waals surface area contributed by atoms with Gasteiger partial charge in [0.05, 0.1) is 5.41 Å². The summed E-state index contributed by atoms with van der Waals surface area (Å²) in [5.41, 5.74) is -0.258. The molecule has 1 aliphatic heterocycles. The first-order valence-electron chi connectivity index (χ1n) is 6.21. The van der Waals surface area contributed by atoms with Crippen molar-refractivity contribution in [3.05, 3.63) is 0 Å². The molecule has 1 fully saturated rings. The fraction of sp³-hybridized carbons (Fsp3) is 0.917. The molecule has 5 heteroatoms. The van der Waals surface area contributed by atoms with Gasteiger partial charge < -0.3 is 15.7 Å². The summed E-state index contributed by atoms with van der Waals surface area (Å²) in [6.45, 7) is 5.99. The van der Waals surface area contributed by atoms with Crippen molar-refractivity contribution >= 4 is 18.3 Å². The zero-order valence-corrected chi connectivity index (χ0v) is 11.6. The highest BCUT2D eigenvalue weighted by Crippen LogP contribution is 2.25. The molecular formula is C12H25ClN2O2. The van der Waals surface area contributed by atoms with E-state index in [-0.39, 0.29) is 36.4 Å². The number of aliphatic hydroxyl groups is 1. The Labute approximate surface area is 110 Å². The lowest BCUT2D eigenvalue weighted by Gasteiger charge is -2.33. The molecular weight excluding hydrogens is 240 g/mol. The highest BCUT2D eigenvalue weighted by atomic mass is 35.5. The number of carbonyl (C=O) groups excluding carboxylic acids is 1. The van der Waals surface area contributed by atoms with E-state index in [9.17, 15) is 4.79 Å². The van der Waals surface area contributed by atoms with Gasteiger partial charge in [0.2, 0.25) is 5.91 Å². The molecule has 1 aliphatic rings. The van der Waals surface area contributed by atoms with E-state index in [2.05, 4.69) is 10.6 Å². The molecule has 2 unspecified atom stereocenters. The average molecular weight is 265 g/mol. The number of amides is 1. The Balaban J connectivity index is 0.00000256. The highest BCUT2D eigenvalue weighted by Gasteiger charge is 2.34. The quantitative estimate of drug-likeness (QED) is 0.696. The van der Waals surface area contributed by atoms with E-state index in [4.69, 9.17) is 5.11 Å². The molecule has 3 N–H and O–H groups in total. The monoisotopic (exact) mass is 264 g/mol. The Hall–Kier alpha value is -0.320. The Morgan fingerprint density at radius 2 is 2.29 bits per heavy atom. The third-order valence-corrected chi connectivity index (χ3v) is 3.32. The normalized spacial score (nSPS) is 25.8. The Kier molecular flexibility index (Phi) is 7.75. The third-order valence-electron chi connectivity index (χ3n) is 3.32. The number of rotatable bonds is 5. The van der Waals surface area contributed by atoms with Crippen LogP contribution in [0.25, 0.3) is 0 Å². The SMILES string of the molecule is CC(CCCO)NC(=O)C1(C)CCCNC1.Cl. The maximum absolute atomic E-state index is 12.1. The largest absolute Gasteiger partial charge is 0.396 e. The van der Waals surface area contributed by atoms with Crippen molar-refractivity contribution in [3.8, 4) is 0 Å². The lowest BCUT2D eigenvalue weighted by atomic mass is 9.81. The molecule has 0 spiro atoms. The molecule has 2 atom stereocenters. The molecule has 102 valence electrons. The number of halogens is 1. The minimum atomic E-state index is -0.258. The lowest BCUT2D eigenvalue weighted by molar-refractivity contribution is -0.131. The molecule has 0 saturated carbocycles. The molecule has 0 aromatic rings. The number of piperidine rings is 1. The minimum Gasteiger partial charge on any atom is -0.396 e. The molecule has 4 nitrogen and oxygen atoms in total. The van der Waals surface area contributed by atoms with Crippen molar-refractivity contribution in [1.29, 1.82) is 0 Å². The van der Waals surface area contributed by atoms with Crippen LogP contribution in [0.3, 0.4) is 0 Å². The first kappa shape index (κ1) is 16.7. The second-order valence-electron chi connectivity index (χ2n) is 5.08. The summed E-state index contributed by atoms with van der Waals surface area (Å²) >= 11 is 0. The fourth-order valence-electron chi connectivity index (χ4n) is 2.12. The third kappa shape index (κ3) is 5.23. The van der Waals surface area contributed by atoms with E-state index >= 15 is 0 Å². The van der Waals surface area contributed by atoms with Gasteiger partial charge in [0.1, 0.15) is 0 Å². The summed E-state index contributed by atoms with van der Waals surface area (Å²) in [7, 11) is 0. The summed E-state index contributed by atoms with van der Waals surface area (Å²) in [4.78, 5) is 12.1. The van der Waals surface area contributed by atoms with E-state index in [1.54, 1.807) is 0 Å². The van der Waals surface area contributed by atoms with E-state index in [1.165, 1.54) is 0 Å². The van der Waals surface area contributed by atoms with Crippen LogP contribution < -0.4 is 10.6 Å². The predicted molar refractivity (Wildman–Crippen MR) is 71.4 cm³/mol. The Morgan fingerprint density at radius 3 is 2.82 bits per heavy atom. The van der Waals surface area contributed by atoms with Gasteiger partial charge in [-0.2, -0.15) is 0 Å². The maximum atomic E-state index is 12.1. The second-order valence-corrected chi connectivity index (χ2v) is 5.08. The Bertz CT molecular complexity index is 231. The van der Waals surface area contributed by atoms with Gasteiger partial charge in [-0.1, -0.05) is 0 Å². The van der Waals surface area contributed by atoms with Crippen LogP contribution in [0.15, 0.2) is 0 Å². The van der Waals surface area contributed by atoms with Gasteiger partial charge in [0.25, 0.3) is 0 Å². The number of carbonyl (C=O) groups is 1. The number of aliphatic hydroxyl groups excluding tert-OH is 1. The first-order valence-corrected chi connectivity index (χ1v) is 6.21. The van der Waals surface area contributed by atoms with Crippen molar-refractivity contribution in [2.75, 3.05) is 19.7 Å². The second kappa shape index (κ2) is 7.90. The van der Waals surface area contributed by atoms with Crippen LogP contribution in [-0.4, -0.2) is 36.8 Å². The predicted octanol–water partition coefficient (Wildman–Crippen LogP) is 1.08. The molecule has 1 saturated heterocycles. The van der Waals surface area contributed by atoms with Gasteiger partial charge in [-0.3, -0.25) is 4.79 Å². The molecule has 0 bridgehead atoms. The van der Waals surface area contributed by atoms with Crippen LogP contribution in [0.1, 0.15) is 39.5 Å². The first-order chi connectivity index (χ1) is 7.58. The smallest absolute Gasteiger partial charge is 0.227 e. The number of hydrogen-bond acceptors (Lipinski definition) is 3. The van der Waals surface area contributed by atoms with Crippen LogP contribution >= 0.6 is 12.4 Å². The summed E-state index contributed by atoms with van der Waals surface area (Å²) in [5, 5.41) is 15.0. The van der Waals surface area contributed by atoms with E-state index in [0.29, 0.717) is 0 Å². The lowest BCUT2D eigenvalue weighted by Crippen LogP contribution is -2.50. The van der Waals surface area contributed by atoms with Gasteiger partial charge in [0, 0.05) is 19.2 Å². The van der Waals surface area contributed by atoms with Crippen molar-refractivity contribution in [3.63, 3.8) is 0 Å². The van der Waals surface area contributed by atoms with Crippen LogP contribution in [0.5, 0.6) is 0 Å². The summed E-state index contributed by atoms with van der Waals surface area (Å²) in [5.74, 6) is 0.144. The van der Waals surface area contributed by atoms with E-state index in [1.807, 2.05) is 13.8 Å². The zero-order valence-electron chi connectivity index (χ0n) is 10.8. The van der Waals surface area contributed by atoms with Gasteiger partial charge in [0.15, 0.2) is 0 Å². The maximum Gasteiger partial charge on any atom is 0.227 e. The zero-order chi connectivity index (χ0) is 12.0. The van der Waals surface area contributed by atoms with Crippen molar-refractivity contribution < 1.29 is 9.90 Å². The summed E-state index contributed by atoms with van der Waals surface area (Å²) in [6.07, 6.45) is 3.61. The molecule has 0 aromatic heterocycles. The highest BCUT2D eigenvalue weighted by molar-refractivity contribution is 5.85. The average Bonchev–Trinajstić information content (AvgIpc) is 2.27. The van der Waals surface area contributed by atoms with Crippen LogP contribution in [-0.2, 0) is 4.79 Å². The molecule has 0 aliphatic carbocycles. The molecule has 1 rings (SSSR count). The van der Waals surface area contributed by atoms with Gasteiger partial charge in [-0.25, -0.2) is 0 Å². The van der Waals surface area contributed by atoms with Crippen molar-refractivity contribution in [1.82, 2.24) is 10.6 Å². The Morgan fingerprint density at radius 1 is 1.59 bits per heavy atom. The molecule has 17 heavy (non-hydrogen) atoms. The van der Waals surface area contributed by atoms with Gasteiger partial charge in [-0.15, -0.1) is 12.4 Å². The van der Waals surface area contributed by atoms with E-state index < -0.39 is 0 Å². The van der Waals surface area contributed by atoms with Gasteiger partial charge >= 0.3 is 0 Å². The number of nitrogens with one attached hydrogen (secondary N) is 2. The van der Waals surface area contributed by atoms with Gasteiger partial charge in [-0.05, 0) is 46.1 Å². The topological polar surface area (TPSA) is 61.4 Å². The van der Waals surface area contributed by atoms with Crippen molar-refractivity contribution in [2.45, 2.75) is 45.6 Å². The molecule has 1 heterocycles. The van der Waals surface area contributed by atoms with E-state index in [0.717, 1.165) is 38.8 Å². The van der Waals surface area contributed by atoms with Crippen molar-refractivity contribution in [2.24, 2.45) is 5.41 Å². The molecule has 0 radical (unpaired) electrons. The molecule has 1 amide bonds.